The van der Waals surface area contributed by atoms with Gasteiger partial charge in [-0.3, -0.25) is 4.79 Å². The highest BCUT2D eigenvalue weighted by atomic mass is 16.5. The SMILES string of the molecule is COc1ccc(NC(=O)COC(=O)c2ccccc2Cc2ccccc2)cc1. The Hall–Kier alpha value is -3.60. The third-order valence-corrected chi connectivity index (χ3v) is 4.18. The fourth-order valence-electron chi connectivity index (χ4n) is 2.77. The molecule has 1 N–H and O–H groups in total. The van der Waals surface area contributed by atoms with Gasteiger partial charge < -0.3 is 14.8 Å². The Morgan fingerprint density at radius 2 is 1.54 bits per heavy atom. The molecule has 5 nitrogen and oxygen atoms in total. The van der Waals surface area contributed by atoms with Crippen LogP contribution in [0, 0.1) is 0 Å². The molecule has 0 heterocycles. The van der Waals surface area contributed by atoms with Gasteiger partial charge in [-0.1, -0.05) is 48.5 Å². The number of rotatable bonds is 7. The number of benzene rings is 3. The molecular formula is C23H21NO4. The molecule has 5 heteroatoms. The number of amides is 1. The molecule has 0 aromatic heterocycles. The van der Waals surface area contributed by atoms with Crippen LogP contribution in [0.1, 0.15) is 21.5 Å². The molecule has 3 rings (SSSR count). The quantitative estimate of drug-likeness (QED) is 0.632. The number of nitrogens with one attached hydrogen (secondary N) is 1. The van der Waals surface area contributed by atoms with Gasteiger partial charge in [0.1, 0.15) is 5.75 Å². The topological polar surface area (TPSA) is 64.6 Å². The largest absolute Gasteiger partial charge is 0.497 e. The van der Waals surface area contributed by atoms with E-state index in [0.717, 1.165) is 11.1 Å². The number of methoxy groups -OCH3 is 1. The first-order valence-corrected chi connectivity index (χ1v) is 8.88. The standard InChI is InChI=1S/C23H21NO4/c1-27-20-13-11-19(12-14-20)24-22(25)16-28-23(26)21-10-6-5-9-18(21)15-17-7-3-2-4-8-17/h2-14H,15-16H2,1H3,(H,24,25). The van der Waals surface area contributed by atoms with E-state index >= 15 is 0 Å². The van der Waals surface area contributed by atoms with Crippen molar-refractivity contribution in [2.75, 3.05) is 19.0 Å². The molecule has 142 valence electrons. The van der Waals surface area contributed by atoms with E-state index in [9.17, 15) is 9.59 Å². The van der Waals surface area contributed by atoms with Crippen LogP contribution < -0.4 is 10.1 Å². The molecule has 1 amide bonds. The average molecular weight is 375 g/mol. The Kier molecular flexibility index (Phi) is 6.41. The second-order valence-corrected chi connectivity index (χ2v) is 6.17. The fourth-order valence-corrected chi connectivity index (χ4v) is 2.77. The molecule has 3 aromatic rings. The van der Waals surface area contributed by atoms with E-state index in [0.29, 0.717) is 23.4 Å². The average Bonchev–Trinajstić information content (AvgIpc) is 2.74. The third kappa shape index (κ3) is 5.20. The Morgan fingerprint density at radius 3 is 2.25 bits per heavy atom. The summed E-state index contributed by atoms with van der Waals surface area (Å²) in [7, 11) is 1.57. The van der Waals surface area contributed by atoms with Gasteiger partial charge in [0.05, 0.1) is 12.7 Å². The van der Waals surface area contributed by atoms with Crippen LogP contribution in [0.5, 0.6) is 5.75 Å². The number of anilines is 1. The molecule has 0 spiro atoms. The first-order chi connectivity index (χ1) is 13.7. The van der Waals surface area contributed by atoms with Crippen LogP contribution >= 0.6 is 0 Å². The van der Waals surface area contributed by atoms with Crippen LogP contribution in [0.2, 0.25) is 0 Å². The van der Waals surface area contributed by atoms with Crippen molar-refractivity contribution in [2.45, 2.75) is 6.42 Å². The zero-order valence-electron chi connectivity index (χ0n) is 15.6. The van der Waals surface area contributed by atoms with Crippen LogP contribution in [0.4, 0.5) is 5.69 Å². The summed E-state index contributed by atoms with van der Waals surface area (Å²) in [6.07, 6.45) is 0.615. The lowest BCUT2D eigenvalue weighted by molar-refractivity contribution is -0.119. The molecule has 0 aliphatic rings. The lowest BCUT2D eigenvalue weighted by atomic mass is 10.00. The van der Waals surface area contributed by atoms with Gasteiger partial charge in [-0.25, -0.2) is 4.79 Å². The Balaban J connectivity index is 1.59. The molecule has 0 bridgehead atoms. The van der Waals surface area contributed by atoms with Crippen molar-refractivity contribution in [1.82, 2.24) is 0 Å². The zero-order chi connectivity index (χ0) is 19.8. The zero-order valence-corrected chi connectivity index (χ0v) is 15.6. The third-order valence-electron chi connectivity index (χ3n) is 4.18. The molecule has 3 aromatic carbocycles. The van der Waals surface area contributed by atoms with Crippen molar-refractivity contribution < 1.29 is 19.1 Å². The lowest BCUT2D eigenvalue weighted by Gasteiger charge is -2.10. The smallest absolute Gasteiger partial charge is 0.338 e. The van der Waals surface area contributed by atoms with Crippen molar-refractivity contribution in [3.8, 4) is 5.75 Å². The highest BCUT2D eigenvalue weighted by Crippen LogP contribution is 2.17. The molecule has 0 saturated heterocycles. The highest BCUT2D eigenvalue weighted by molar-refractivity contribution is 5.96. The Labute approximate surface area is 163 Å². The molecule has 0 atom stereocenters. The van der Waals surface area contributed by atoms with E-state index in [1.807, 2.05) is 42.5 Å². The van der Waals surface area contributed by atoms with E-state index in [1.54, 1.807) is 43.5 Å². The van der Waals surface area contributed by atoms with Crippen LogP contribution in [0.15, 0.2) is 78.9 Å². The predicted octanol–water partition coefficient (Wildman–Crippen LogP) is 4.08. The normalized spacial score (nSPS) is 10.2. The number of hydrogen-bond donors (Lipinski definition) is 1. The van der Waals surface area contributed by atoms with Crippen LogP contribution in [-0.4, -0.2) is 25.6 Å². The molecular weight excluding hydrogens is 354 g/mol. The summed E-state index contributed by atoms with van der Waals surface area (Å²) in [6.45, 7) is -0.357. The fraction of sp³-hybridized carbons (Fsp3) is 0.130. The van der Waals surface area contributed by atoms with Crippen LogP contribution in [0.25, 0.3) is 0 Å². The molecule has 28 heavy (non-hydrogen) atoms. The van der Waals surface area contributed by atoms with E-state index in [1.165, 1.54) is 0 Å². The number of carbonyl (C=O) groups excluding carboxylic acids is 2. The van der Waals surface area contributed by atoms with Crippen molar-refractivity contribution in [1.29, 1.82) is 0 Å². The summed E-state index contributed by atoms with van der Waals surface area (Å²) >= 11 is 0. The van der Waals surface area contributed by atoms with Crippen molar-refractivity contribution in [3.05, 3.63) is 95.6 Å². The van der Waals surface area contributed by atoms with Crippen molar-refractivity contribution in [3.63, 3.8) is 0 Å². The van der Waals surface area contributed by atoms with Crippen LogP contribution in [0.3, 0.4) is 0 Å². The van der Waals surface area contributed by atoms with Gasteiger partial charge in [-0.15, -0.1) is 0 Å². The van der Waals surface area contributed by atoms with Gasteiger partial charge in [0.25, 0.3) is 5.91 Å². The first-order valence-electron chi connectivity index (χ1n) is 8.88. The van der Waals surface area contributed by atoms with Crippen molar-refractivity contribution >= 4 is 17.6 Å². The predicted molar refractivity (Wildman–Crippen MR) is 108 cm³/mol. The van der Waals surface area contributed by atoms with E-state index in [4.69, 9.17) is 9.47 Å². The van der Waals surface area contributed by atoms with Gasteiger partial charge in [0, 0.05) is 5.69 Å². The van der Waals surface area contributed by atoms with Crippen LogP contribution in [-0.2, 0) is 16.0 Å². The summed E-state index contributed by atoms with van der Waals surface area (Å²) in [4.78, 5) is 24.5. The number of carbonyl (C=O) groups is 2. The van der Waals surface area contributed by atoms with E-state index < -0.39 is 11.9 Å². The second-order valence-electron chi connectivity index (χ2n) is 6.17. The maximum Gasteiger partial charge on any atom is 0.338 e. The van der Waals surface area contributed by atoms with Crippen molar-refractivity contribution in [2.24, 2.45) is 0 Å². The molecule has 0 unspecified atom stereocenters. The molecule has 0 aliphatic carbocycles. The maximum atomic E-state index is 12.5. The van der Waals surface area contributed by atoms with Gasteiger partial charge >= 0.3 is 5.97 Å². The number of hydrogen-bond acceptors (Lipinski definition) is 4. The minimum atomic E-state index is -0.517. The van der Waals surface area contributed by atoms with Gasteiger partial charge in [-0.05, 0) is 47.9 Å². The molecule has 0 saturated carbocycles. The number of ether oxygens (including phenoxy) is 2. The molecule has 0 aliphatic heterocycles. The summed E-state index contributed by atoms with van der Waals surface area (Å²) in [6, 6.07) is 24.0. The summed E-state index contributed by atoms with van der Waals surface area (Å²) in [5.41, 5.74) is 3.02. The van der Waals surface area contributed by atoms with E-state index in [2.05, 4.69) is 5.32 Å². The Morgan fingerprint density at radius 1 is 0.857 bits per heavy atom. The van der Waals surface area contributed by atoms with E-state index in [-0.39, 0.29) is 6.61 Å². The Bertz CT molecular complexity index is 936. The van der Waals surface area contributed by atoms with Gasteiger partial charge in [-0.2, -0.15) is 0 Å². The summed E-state index contributed by atoms with van der Waals surface area (Å²) in [5, 5.41) is 2.68. The molecule has 0 fully saturated rings. The minimum Gasteiger partial charge on any atom is -0.497 e. The summed E-state index contributed by atoms with van der Waals surface area (Å²) in [5.74, 6) is -0.227. The first kappa shape index (κ1) is 19.2. The highest BCUT2D eigenvalue weighted by Gasteiger charge is 2.14. The second kappa shape index (κ2) is 9.37. The van der Waals surface area contributed by atoms with Gasteiger partial charge in [0.15, 0.2) is 6.61 Å². The molecule has 0 radical (unpaired) electrons. The maximum absolute atomic E-state index is 12.5. The minimum absolute atomic E-state index is 0.357. The van der Waals surface area contributed by atoms with Gasteiger partial charge in [0.2, 0.25) is 0 Å². The number of esters is 1. The summed E-state index contributed by atoms with van der Waals surface area (Å²) < 4.78 is 10.3. The lowest BCUT2D eigenvalue weighted by Crippen LogP contribution is -2.21. The monoisotopic (exact) mass is 375 g/mol.